The standard InChI is InChI=1S/C20H24NO4Si/c1-20(2,3)14-7-9-16(18(10-14)25-26(4)5)21-12-13-6-8-15(22)11-17(13)24-19(21)23/h6-11,22H,12H2,1-5H3. The number of fused-ring (bicyclic) bond motifs is 1. The molecule has 0 bridgehead atoms. The van der Waals surface area contributed by atoms with Gasteiger partial charge in [0.05, 0.1) is 12.2 Å². The Bertz CT molecular complexity index is 842. The van der Waals surface area contributed by atoms with Crippen molar-refractivity contribution in [3.63, 3.8) is 0 Å². The lowest BCUT2D eigenvalue weighted by Gasteiger charge is -2.31. The number of carbonyl (C=O) groups is 1. The number of aromatic hydroxyl groups is 1. The molecule has 6 heteroatoms. The third-order valence-electron chi connectivity index (χ3n) is 4.23. The Balaban J connectivity index is 2.02. The number of rotatable bonds is 3. The number of benzene rings is 2. The highest BCUT2D eigenvalue weighted by atomic mass is 28.3. The van der Waals surface area contributed by atoms with Crippen LogP contribution in [0.15, 0.2) is 36.4 Å². The Morgan fingerprint density at radius 3 is 2.54 bits per heavy atom. The molecule has 2 aromatic carbocycles. The molecule has 26 heavy (non-hydrogen) atoms. The maximum Gasteiger partial charge on any atom is 0.420 e. The topological polar surface area (TPSA) is 59.0 Å². The summed E-state index contributed by atoms with van der Waals surface area (Å²) in [5, 5.41) is 9.59. The lowest BCUT2D eigenvalue weighted by Crippen LogP contribution is -2.37. The van der Waals surface area contributed by atoms with Crippen molar-refractivity contribution in [2.24, 2.45) is 0 Å². The Morgan fingerprint density at radius 2 is 1.88 bits per heavy atom. The third kappa shape index (κ3) is 3.70. The second-order valence-corrected chi connectivity index (χ2v) is 9.71. The van der Waals surface area contributed by atoms with Crippen molar-refractivity contribution in [3.05, 3.63) is 47.5 Å². The first-order valence-corrected chi connectivity index (χ1v) is 11.0. The normalized spacial score (nSPS) is 14.2. The summed E-state index contributed by atoms with van der Waals surface area (Å²) >= 11 is 0. The Labute approximate surface area is 155 Å². The second-order valence-electron chi connectivity index (χ2n) is 7.69. The molecule has 1 amide bonds. The van der Waals surface area contributed by atoms with Crippen molar-refractivity contribution >= 4 is 20.8 Å². The number of phenolic OH excluding ortho intramolecular Hbond substituents is 1. The van der Waals surface area contributed by atoms with E-state index in [2.05, 4.69) is 33.9 Å². The second kappa shape index (κ2) is 6.68. The van der Waals surface area contributed by atoms with Gasteiger partial charge in [-0.25, -0.2) is 4.79 Å². The number of amides is 1. The minimum atomic E-state index is -1.00. The number of nitrogens with zero attached hydrogens (tertiary/aromatic N) is 1. The molecule has 0 atom stereocenters. The molecule has 1 N–H and O–H groups in total. The quantitative estimate of drug-likeness (QED) is 0.786. The number of anilines is 1. The fourth-order valence-corrected chi connectivity index (χ4v) is 3.45. The fraction of sp³-hybridized carbons (Fsp3) is 0.350. The van der Waals surface area contributed by atoms with Crippen molar-refractivity contribution in [1.82, 2.24) is 0 Å². The smallest absolute Gasteiger partial charge is 0.420 e. The van der Waals surface area contributed by atoms with E-state index in [9.17, 15) is 9.90 Å². The molecule has 0 aromatic heterocycles. The molecule has 0 saturated heterocycles. The molecule has 5 nitrogen and oxygen atoms in total. The zero-order valence-electron chi connectivity index (χ0n) is 15.8. The lowest BCUT2D eigenvalue weighted by molar-refractivity contribution is 0.202. The van der Waals surface area contributed by atoms with Gasteiger partial charge in [0.15, 0.2) is 0 Å². The number of hydrogen-bond acceptors (Lipinski definition) is 4. The van der Waals surface area contributed by atoms with Crippen molar-refractivity contribution in [2.75, 3.05) is 4.90 Å². The zero-order valence-corrected chi connectivity index (χ0v) is 16.8. The summed E-state index contributed by atoms with van der Waals surface area (Å²) in [6, 6.07) is 10.8. The number of carbonyl (C=O) groups excluding carboxylic acids is 1. The molecular weight excluding hydrogens is 346 g/mol. The van der Waals surface area contributed by atoms with Crippen LogP contribution in [0.2, 0.25) is 13.1 Å². The highest BCUT2D eigenvalue weighted by Gasteiger charge is 2.29. The molecule has 1 aliphatic rings. The molecule has 1 aliphatic heterocycles. The molecule has 137 valence electrons. The number of ether oxygens (including phenoxy) is 1. The van der Waals surface area contributed by atoms with E-state index in [-0.39, 0.29) is 11.2 Å². The summed E-state index contributed by atoms with van der Waals surface area (Å²) in [6.45, 7) is 10.9. The van der Waals surface area contributed by atoms with Crippen LogP contribution in [0.25, 0.3) is 0 Å². The van der Waals surface area contributed by atoms with Crippen LogP contribution in [0.5, 0.6) is 17.2 Å². The predicted molar refractivity (Wildman–Crippen MR) is 104 cm³/mol. The molecule has 0 fully saturated rings. The predicted octanol–water partition coefficient (Wildman–Crippen LogP) is 4.84. The van der Waals surface area contributed by atoms with Crippen LogP contribution in [0, 0.1) is 0 Å². The van der Waals surface area contributed by atoms with E-state index in [0.717, 1.165) is 11.1 Å². The van der Waals surface area contributed by atoms with Crippen molar-refractivity contribution in [2.45, 2.75) is 45.8 Å². The first-order valence-electron chi connectivity index (χ1n) is 8.59. The van der Waals surface area contributed by atoms with Gasteiger partial charge in [-0.05, 0) is 48.3 Å². The van der Waals surface area contributed by atoms with Crippen LogP contribution >= 0.6 is 0 Å². The Hall–Kier alpha value is -2.47. The molecule has 2 aromatic rings. The maximum atomic E-state index is 12.6. The van der Waals surface area contributed by atoms with Gasteiger partial charge >= 0.3 is 6.09 Å². The molecular formula is C20H24NO4Si. The largest absolute Gasteiger partial charge is 0.541 e. The van der Waals surface area contributed by atoms with Crippen LogP contribution in [-0.4, -0.2) is 20.2 Å². The van der Waals surface area contributed by atoms with Gasteiger partial charge in [0.25, 0.3) is 9.04 Å². The summed E-state index contributed by atoms with van der Waals surface area (Å²) in [7, 11) is -1.00. The minimum absolute atomic E-state index is 0.0163. The zero-order chi connectivity index (χ0) is 19.1. The molecule has 3 rings (SSSR count). The number of phenols is 1. The van der Waals surface area contributed by atoms with Gasteiger partial charge in [-0.2, -0.15) is 0 Å². The van der Waals surface area contributed by atoms with Gasteiger partial charge in [0.1, 0.15) is 17.2 Å². The van der Waals surface area contributed by atoms with E-state index in [4.69, 9.17) is 9.16 Å². The molecule has 0 spiro atoms. The Kier molecular flexibility index (Phi) is 4.71. The average Bonchev–Trinajstić information content (AvgIpc) is 2.53. The lowest BCUT2D eigenvalue weighted by atomic mass is 9.87. The Morgan fingerprint density at radius 1 is 1.15 bits per heavy atom. The fourth-order valence-electron chi connectivity index (χ4n) is 2.84. The van der Waals surface area contributed by atoms with Gasteiger partial charge in [0, 0.05) is 11.6 Å². The van der Waals surface area contributed by atoms with E-state index in [0.29, 0.717) is 23.7 Å². The van der Waals surface area contributed by atoms with Crippen LogP contribution in [-0.2, 0) is 12.0 Å². The van der Waals surface area contributed by atoms with Crippen molar-refractivity contribution in [3.8, 4) is 17.2 Å². The third-order valence-corrected chi connectivity index (χ3v) is 4.86. The molecule has 1 heterocycles. The monoisotopic (exact) mass is 370 g/mol. The summed E-state index contributed by atoms with van der Waals surface area (Å²) in [5.74, 6) is 1.18. The summed E-state index contributed by atoms with van der Waals surface area (Å²) in [4.78, 5) is 14.1. The van der Waals surface area contributed by atoms with Crippen LogP contribution in [0.1, 0.15) is 31.9 Å². The minimum Gasteiger partial charge on any atom is -0.541 e. The van der Waals surface area contributed by atoms with Crippen molar-refractivity contribution < 1.29 is 19.1 Å². The summed E-state index contributed by atoms with van der Waals surface area (Å²) in [6.07, 6.45) is -0.475. The molecule has 0 unspecified atom stereocenters. The van der Waals surface area contributed by atoms with E-state index in [1.165, 1.54) is 6.07 Å². The molecule has 1 radical (unpaired) electrons. The summed E-state index contributed by atoms with van der Waals surface area (Å²) < 4.78 is 11.5. The van der Waals surface area contributed by atoms with Gasteiger partial charge in [-0.1, -0.05) is 26.8 Å². The van der Waals surface area contributed by atoms with Crippen LogP contribution in [0.4, 0.5) is 10.5 Å². The van der Waals surface area contributed by atoms with E-state index in [1.807, 2.05) is 18.2 Å². The first-order chi connectivity index (χ1) is 12.1. The first kappa shape index (κ1) is 18.3. The maximum absolute atomic E-state index is 12.6. The van der Waals surface area contributed by atoms with Crippen molar-refractivity contribution in [1.29, 1.82) is 0 Å². The van der Waals surface area contributed by atoms with E-state index < -0.39 is 15.1 Å². The van der Waals surface area contributed by atoms with Crippen LogP contribution in [0.3, 0.4) is 0 Å². The van der Waals surface area contributed by atoms with E-state index >= 15 is 0 Å². The SMILES string of the molecule is C[Si](C)Oc1cc(C(C)(C)C)ccc1N1Cc2ccc(O)cc2OC1=O. The van der Waals surface area contributed by atoms with Gasteiger partial charge in [-0.3, -0.25) is 4.90 Å². The molecule has 0 saturated carbocycles. The van der Waals surface area contributed by atoms with E-state index in [1.54, 1.807) is 17.0 Å². The average molecular weight is 371 g/mol. The van der Waals surface area contributed by atoms with Gasteiger partial charge < -0.3 is 14.3 Å². The highest BCUT2D eigenvalue weighted by Crippen LogP contribution is 2.38. The van der Waals surface area contributed by atoms with Gasteiger partial charge in [0.2, 0.25) is 0 Å². The molecule has 0 aliphatic carbocycles. The van der Waals surface area contributed by atoms with Crippen LogP contribution < -0.4 is 14.1 Å². The van der Waals surface area contributed by atoms with Gasteiger partial charge in [-0.15, -0.1) is 0 Å². The number of hydrogen-bond donors (Lipinski definition) is 1. The summed E-state index contributed by atoms with van der Waals surface area (Å²) in [5.41, 5.74) is 2.67. The highest BCUT2D eigenvalue weighted by molar-refractivity contribution is 6.49.